The number of rotatable bonds is 5. The quantitative estimate of drug-likeness (QED) is 0.861. The molecule has 1 aromatic carbocycles. The molecule has 1 aliphatic carbocycles. The third kappa shape index (κ3) is 2.62. The summed E-state index contributed by atoms with van der Waals surface area (Å²) in [6, 6.07) is 10.6. The predicted molar refractivity (Wildman–Crippen MR) is 80.6 cm³/mol. The van der Waals surface area contributed by atoms with Gasteiger partial charge in [-0.1, -0.05) is 12.1 Å². The van der Waals surface area contributed by atoms with Crippen LogP contribution in [0.5, 0.6) is 0 Å². The molecular formula is C17H17NO4. The second kappa shape index (κ2) is 5.67. The van der Waals surface area contributed by atoms with Crippen LogP contribution in [0, 0.1) is 0 Å². The topological polar surface area (TPSA) is 68.5 Å². The Hall–Kier alpha value is -2.56. The van der Waals surface area contributed by atoms with E-state index in [1.165, 1.54) is 6.26 Å². The zero-order valence-electron chi connectivity index (χ0n) is 12.3. The van der Waals surface area contributed by atoms with Gasteiger partial charge in [-0.05, 0) is 49.6 Å². The van der Waals surface area contributed by atoms with Gasteiger partial charge in [-0.25, -0.2) is 0 Å². The predicted octanol–water partition coefficient (Wildman–Crippen LogP) is 3.13. The fourth-order valence-electron chi connectivity index (χ4n) is 2.48. The zero-order valence-corrected chi connectivity index (χ0v) is 12.3. The van der Waals surface area contributed by atoms with E-state index in [1.54, 1.807) is 31.2 Å². The molecule has 5 nitrogen and oxygen atoms in total. The molecule has 1 aliphatic rings. The number of esters is 1. The minimum atomic E-state index is -0.487. The number of carbonyl (C=O) groups is 2. The van der Waals surface area contributed by atoms with Crippen molar-refractivity contribution in [3.8, 4) is 0 Å². The van der Waals surface area contributed by atoms with Gasteiger partial charge in [0, 0.05) is 5.69 Å². The van der Waals surface area contributed by atoms with E-state index >= 15 is 0 Å². The molecule has 0 unspecified atom stereocenters. The van der Waals surface area contributed by atoms with Crippen LogP contribution in [-0.4, -0.2) is 18.5 Å². The third-order valence-electron chi connectivity index (χ3n) is 3.86. The van der Waals surface area contributed by atoms with Crippen molar-refractivity contribution >= 4 is 17.6 Å². The summed E-state index contributed by atoms with van der Waals surface area (Å²) in [4.78, 5) is 23.9. The Morgan fingerprint density at radius 1 is 1.23 bits per heavy atom. The Kier molecular flexibility index (Phi) is 3.71. The smallest absolute Gasteiger partial charge is 0.316 e. The molecule has 1 amide bonds. The lowest BCUT2D eigenvalue weighted by Crippen LogP contribution is -2.23. The van der Waals surface area contributed by atoms with E-state index in [4.69, 9.17) is 9.15 Å². The summed E-state index contributed by atoms with van der Waals surface area (Å²) in [7, 11) is 0. The molecule has 22 heavy (non-hydrogen) atoms. The maximum absolute atomic E-state index is 12.0. The molecule has 0 atom stereocenters. The second-order valence-electron chi connectivity index (χ2n) is 5.31. The van der Waals surface area contributed by atoms with Crippen LogP contribution in [0.25, 0.3) is 0 Å². The molecule has 1 heterocycles. The van der Waals surface area contributed by atoms with Gasteiger partial charge >= 0.3 is 5.97 Å². The van der Waals surface area contributed by atoms with E-state index in [2.05, 4.69) is 5.32 Å². The fraction of sp³-hybridized carbons (Fsp3) is 0.294. The van der Waals surface area contributed by atoms with Crippen LogP contribution in [-0.2, 0) is 14.9 Å². The highest BCUT2D eigenvalue weighted by atomic mass is 16.5. The summed E-state index contributed by atoms with van der Waals surface area (Å²) in [6.45, 7) is 2.19. The Labute approximate surface area is 128 Å². The summed E-state index contributed by atoms with van der Waals surface area (Å²) < 4.78 is 10.2. The Bertz CT molecular complexity index is 669. The van der Waals surface area contributed by atoms with Crippen molar-refractivity contribution in [2.75, 3.05) is 11.9 Å². The average molecular weight is 299 g/mol. The first-order valence-electron chi connectivity index (χ1n) is 7.28. The van der Waals surface area contributed by atoms with Crippen LogP contribution in [0.15, 0.2) is 47.1 Å². The summed E-state index contributed by atoms with van der Waals surface area (Å²) in [6.07, 6.45) is 3.07. The number of benzene rings is 1. The average Bonchev–Trinajstić information content (AvgIpc) is 3.15. The van der Waals surface area contributed by atoms with Crippen LogP contribution in [0.4, 0.5) is 5.69 Å². The molecule has 0 bridgehead atoms. The molecule has 0 spiro atoms. The van der Waals surface area contributed by atoms with Crippen LogP contribution >= 0.6 is 0 Å². The lowest BCUT2D eigenvalue weighted by Gasteiger charge is -2.14. The molecule has 3 rings (SSSR count). The van der Waals surface area contributed by atoms with Gasteiger partial charge in [0.2, 0.25) is 0 Å². The van der Waals surface area contributed by atoms with Gasteiger partial charge in [0.1, 0.15) is 0 Å². The highest BCUT2D eigenvalue weighted by molar-refractivity contribution is 6.02. The maximum atomic E-state index is 12.0. The van der Waals surface area contributed by atoms with Crippen LogP contribution in [0.2, 0.25) is 0 Å². The van der Waals surface area contributed by atoms with Crippen LogP contribution in [0.3, 0.4) is 0 Å². The van der Waals surface area contributed by atoms with E-state index in [1.807, 2.05) is 12.1 Å². The fourth-order valence-corrected chi connectivity index (χ4v) is 2.48. The van der Waals surface area contributed by atoms with Crippen molar-refractivity contribution in [2.24, 2.45) is 0 Å². The number of nitrogens with one attached hydrogen (secondary N) is 1. The minimum absolute atomic E-state index is 0.164. The monoisotopic (exact) mass is 299 g/mol. The van der Waals surface area contributed by atoms with Crippen molar-refractivity contribution in [1.82, 2.24) is 0 Å². The molecule has 1 saturated carbocycles. The lowest BCUT2D eigenvalue weighted by atomic mass is 9.96. The summed E-state index contributed by atoms with van der Waals surface area (Å²) in [5.41, 5.74) is 1.10. The van der Waals surface area contributed by atoms with Crippen molar-refractivity contribution in [3.05, 3.63) is 54.0 Å². The van der Waals surface area contributed by atoms with E-state index in [-0.39, 0.29) is 17.6 Å². The molecule has 5 heteroatoms. The summed E-state index contributed by atoms with van der Waals surface area (Å²) in [5.74, 6) is -0.207. The molecular weight excluding hydrogens is 282 g/mol. The Morgan fingerprint density at radius 2 is 1.95 bits per heavy atom. The standard InChI is InChI=1S/C17H17NO4/c1-2-21-16(20)17(9-10-17)12-5-7-13(8-6-12)18-15(19)14-4-3-11-22-14/h3-8,11H,2,9-10H2,1H3,(H,18,19). The van der Waals surface area contributed by atoms with Gasteiger partial charge in [0.05, 0.1) is 18.3 Å². The number of ether oxygens (including phenoxy) is 1. The van der Waals surface area contributed by atoms with Gasteiger partial charge in [0.15, 0.2) is 5.76 Å². The SMILES string of the molecule is CCOC(=O)C1(c2ccc(NC(=O)c3ccco3)cc2)CC1. The van der Waals surface area contributed by atoms with Crippen LogP contribution in [0.1, 0.15) is 35.9 Å². The first-order chi connectivity index (χ1) is 10.7. The Morgan fingerprint density at radius 3 is 2.50 bits per heavy atom. The summed E-state index contributed by atoms with van der Waals surface area (Å²) in [5, 5.41) is 2.75. The van der Waals surface area contributed by atoms with Gasteiger partial charge in [0.25, 0.3) is 5.91 Å². The van der Waals surface area contributed by atoms with Gasteiger partial charge in [-0.15, -0.1) is 0 Å². The third-order valence-corrected chi connectivity index (χ3v) is 3.86. The van der Waals surface area contributed by atoms with E-state index in [0.717, 1.165) is 18.4 Å². The first kappa shape index (κ1) is 14.4. The van der Waals surface area contributed by atoms with Gasteiger partial charge in [-0.2, -0.15) is 0 Å². The first-order valence-corrected chi connectivity index (χ1v) is 7.28. The molecule has 114 valence electrons. The number of carbonyl (C=O) groups excluding carboxylic acids is 2. The van der Waals surface area contributed by atoms with Gasteiger partial charge in [-0.3, -0.25) is 9.59 Å². The number of amides is 1. The minimum Gasteiger partial charge on any atom is -0.465 e. The van der Waals surface area contributed by atoms with Crippen molar-refractivity contribution in [2.45, 2.75) is 25.2 Å². The molecule has 2 aromatic rings. The van der Waals surface area contributed by atoms with Crippen LogP contribution < -0.4 is 5.32 Å². The molecule has 0 radical (unpaired) electrons. The van der Waals surface area contributed by atoms with Crippen molar-refractivity contribution in [3.63, 3.8) is 0 Å². The molecule has 0 aliphatic heterocycles. The highest BCUT2D eigenvalue weighted by Gasteiger charge is 2.52. The molecule has 1 fully saturated rings. The molecule has 0 saturated heterocycles. The van der Waals surface area contributed by atoms with Gasteiger partial charge < -0.3 is 14.5 Å². The largest absolute Gasteiger partial charge is 0.465 e. The number of anilines is 1. The van der Waals surface area contributed by atoms with E-state index < -0.39 is 5.41 Å². The number of hydrogen-bond donors (Lipinski definition) is 1. The normalized spacial score (nSPS) is 15.1. The van der Waals surface area contributed by atoms with Crippen molar-refractivity contribution < 1.29 is 18.7 Å². The molecule has 1 aromatic heterocycles. The molecule has 1 N–H and O–H groups in total. The Balaban J connectivity index is 1.71. The number of furan rings is 1. The highest BCUT2D eigenvalue weighted by Crippen LogP contribution is 2.49. The van der Waals surface area contributed by atoms with E-state index in [9.17, 15) is 9.59 Å². The zero-order chi connectivity index (χ0) is 15.6. The lowest BCUT2D eigenvalue weighted by molar-refractivity contribution is -0.146. The van der Waals surface area contributed by atoms with Crippen molar-refractivity contribution in [1.29, 1.82) is 0 Å². The number of hydrogen-bond acceptors (Lipinski definition) is 4. The summed E-state index contributed by atoms with van der Waals surface area (Å²) >= 11 is 0. The second-order valence-corrected chi connectivity index (χ2v) is 5.31. The maximum Gasteiger partial charge on any atom is 0.316 e. The van der Waals surface area contributed by atoms with E-state index in [0.29, 0.717) is 12.3 Å².